The summed E-state index contributed by atoms with van der Waals surface area (Å²) < 4.78 is 4.99. The third-order valence-electron chi connectivity index (χ3n) is 3.29. The fourth-order valence-electron chi connectivity index (χ4n) is 2.71. The summed E-state index contributed by atoms with van der Waals surface area (Å²) >= 11 is 1.76. The summed E-state index contributed by atoms with van der Waals surface area (Å²) in [5.74, 6) is 0.592. The van der Waals surface area contributed by atoms with Crippen molar-refractivity contribution in [3.8, 4) is 0 Å². The van der Waals surface area contributed by atoms with E-state index in [4.69, 9.17) is 9.84 Å². The Morgan fingerprint density at radius 2 is 2.33 bits per heavy atom. The number of methoxy groups -OCH3 is 1. The van der Waals surface area contributed by atoms with Crippen molar-refractivity contribution < 1.29 is 14.6 Å². The highest BCUT2D eigenvalue weighted by Gasteiger charge is 2.44. The number of aliphatic hydroxyl groups excluding tert-OH is 1. The van der Waals surface area contributed by atoms with Crippen molar-refractivity contribution in [3.63, 3.8) is 0 Å². The Balaban J connectivity index is 2.72. The summed E-state index contributed by atoms with van der Waals surface area (Å²) in [6, 6.07) is 0.255. The van der Waals surface area contributed by atoms with E-state index in [1.807, 2.05) is 0 Å². The standard InChI is InChI=1S/C13H25NO3S/c1-10(2)14-13(12(16)17-3)6-4-5-11(9-13)18-8-7-15/h10-11,14-15H,4-9H2,1-3H3. The number of esters is 1. The van der Waals surface area contributed by atoms with Crippen LogP contribution >= 0.6 is 11.8 Å². The summed E-state index contributed by atoms with van der Waals surface area (Å²) in [6.45, 7) is 4.30. The van der Waals surface area contributed by atoms with Crippen molar-refractivity contribution >= 4 is 17.7 Å². The quantitative estimate of drug-likeness (QED) is 0.721. The number of carbonyl (C=O) groups excluding carboxylic acids is 1. The molecule has 18 heavy (non-hydrogen) atoms. The summed E-state index contributed by atoms with van der Waals surface area (Å²) in [6.07, 6.45) is 3.78. The topological polar surface area (TPSA) is 58.6 Å². The third kappa shape index (κ3) is 4.14. The van der Waals surface area contributed by atoms with Gasteiger partial charge in [-0.1, -0.05) is 0 Å². The highest BCUT2D eigenvalue weighted by atomic mass is 32.2. The largest absolute Gasteiger partial charge is 0.468 e. The van der Waals surface area contributed by atoms with Gasteiger partial charge in [-0.15, -0.1) is 0 Å². The number of hydrogen-bond acceptors (Lipinski definition) is 5. The maximum Gasteiger partial charge on any atom is 0.326 e. The molecular weight excluding hydrogens is 250 g/mol. The van der Waals surface area contributed by atoms with E-state index < -0.39 is 5.54 Å². The number of thioether (sulfide) groups is 1. The van der Waals surface area contributed by atoms with Crippen LogP contribution in [-0.2, 0) is 9.53 Å². The zero-order valence-electron chi connectivity index (χ0n) is 11.6. The van der Waals surface area contributed by atoms with Gasteiger partial charge in [0, 0.05) is 17.0 Å². The maximum absolute atomic E-state index is 12.1. The number of rotatable bonds is 6. The van der Waals surface area contributed by atoms with Crippen molar-refractivity contribution in [1.29, 1.82) is 0 Å². The number of aliphatic hydroxyl groups is 1. The summed E-state index contributed by atoms with van der Waals surface area (Å²) in [5, 5.41) is 12.7. The first kappa shape index (κ1) is 15.8. The van der Waals surface area contributed by atoms with Gasteiger partial charge >= 0.3 is 5.97 Å². The molecule has 0 amide bonds. The SMILES string of the molecule is COC(=O)C1(NC(C)C)CCCC(SCCO)C1. The molecule has 0 aliphatic heterocycles. The van der Waals surface area contributed by atoms with Crippen LogP contribution in [0, 0.1) is 0 Å². The van der Waals surface area contributed by atoms with E-state index in [1.165, 1.54) is 7.11 Å². The summed E-state index contributed by atoms with van der Waals surface area (Å²) in [7, 11) is 1.45. The van der Waals surface area contributed by atoms with Gasteiger partial charge in [0.05, 0.1) is 13.7 Å². The van der Waals surface area contributed by atoms with E-state index in [2.05, 4.69) is 19.2 Å². The minimum Gasteiger partial charge on any atom is -0.468 e. The van der Waals surface area contributed by atoms with Gasteiger partial charge in [0.1, 0.15) is 5.54 Å². The second kappa shape index (κ2) is 7.36. The Morgan fingerprint density at radius 1 is 1.61 bits per heavy atom. The molecule has 1 fully saturated rings. The summed E-state index contributed by atoms with van der Waals surface area (Å²) in [5.41, 5.74) is -0.533. The second-order valence-corrected chi connectivity index (χ2v) is 6.59. The Morgan fingerprint density at radius 3 is 2.89 bits per heavy atom. The van der Waals surface area contributed by atoms with Crippen LogP contribution in [-0.4, -0.2) is 47.4 Å². The van der Waals surface area contributed by atoms with E-state index in [0.29, 0.717) is 5.25 Å². The molecule has 1 aliphatic rings. The normalized spacial score (nSPS) is 28.4. The van der Waals surface area contributed by atoms with Gasteiger partial charge in [-0.25, -0.2) is 0 Å². The van der Waals surface area contributed by atoms with Gasteiger partial charge in [0.2, 0.25) is 0 Å². The third-order valence-corrected chi connectivity index (χ3v) is 4.58. The van der Waals surface area contributed by atoms with Crippen molar-refractivity contribution in [1.82, 2.24) is 5.32 Å². The molecule has 1 saturated carbocycles. The van der Waals surface area contributed by atoms with Gasteiger partial charge < -0.3 is 9.84 Å². The number of nitrogens with one attached hydrogen (secondary N) is 1. The van der Waals surface area contributed by atoms with Crippen molar-refractivity contribution in [2.24, 2.45) is 0 Å². The van der Waals surface area contributed by atoms with E-state index in [0.717, 1.165) is 31.4 Å². The van der Waals surface area contributed by atoms with Crippen LogP contribution in [0.3, 0.4) is 0 Å². The van der Waals surface area contributed by atoms with Gasteiger partial charge in [-0.3, -0.25) is 10.1 Å². The highest BCUT2D eigenvalue weighted by molar-refractivity contribution is 7.99. The molecule has 0 aromatic heterocycles. The zero-order chi connectivity index (χ0) is 13.6. The lowest BCUT2D eigenvalue weighted by Gasteiger charge is -2.40. The molecule has 106 valence electrons. The fraction of sp³-hybridized carbons (Fsp3) is 0.923. The zero-order valence-corrected chi connectivity index (χ0v) is 12.4. The van der Waals surface area contributed by atoms with Gasteiger partial charge in [0.25, 0.3) is 0 Å². The van der Waals surface area contributed by atoms with Crippen molar-refractivity contribution in [2.75, 3.05) is 19.5 Å². The Kier molecular flexibility index (Phi) is 6.46. The molecule has 1 aliphatic carbocycles. The first-order valence-electron chi connectivity index (χ1n) is 6.62. The first-order chi connectivity index (χ1) is 8.54. The molecular formula is C13H25NO3S. The molecule has 5 heteroatoms. The van der Waals surface area contributed by atoms with Crippen LogP contribution < -0.4 is 5.32 Å². The molecule has 0 aromatic carbocycles. The van der Waals surface area contributed by atoms with Crippen molar-refractivity contribution in [2.45, 2.75) is 56.4 Å². The van der Waals surface area contributed by atoms with E-state index in [-0.39, 0.29) is 18.6 Å². The monoisotopic (exact) mass is 275 g/mol. The first-order valence-corrected chi connectivity index (χ1v) is 7.67. The van der Waals surface area contributed by atoms with Crippen LogP contribution in [0.1, 0.15) is 39.5 Å². The predicted octanol–water partition coefficient (Wildman–Crippen LogP) is 1.56. The van der Waals surface area contributed by atoms with Gasteiger partial charge in [-0.2, -0.15) is 11.8 Å². The molecule has 1 rings (SSSR count). The second-order valence-electron chi connectivity index (χ2n) is 5.19. The molecule has 0 aromatic rings. The van der Waals surface area contributed by atoms with Gasteiger partial charge in [0.15, 0.2) is 0 Å². The van der Waals surface area contributed by atoms with Crippen LogP contribution in [0.2, 0.25) is 0 Å². The Labute approximate surface area is 114 Å². The smallest absolute Gasteiger partial charge is 0.326 e. The lowest BCUT2D eigenvalue weighted by Crippen LogP contribution is -2.58. The summed E-state index contributed by atoms with van der Waals surface area (Å²) in [4.78, 5) is 12.1. The molecule has 2 atom stereocenters. The molecule has 0 heterocycles. The van der Waals surface area contributed by atoms with E-state index in [9.17, 15) is 4.79 Å². The minimum atomic E-state index is -0.533. The van der Waals surface area contributed by atoms with Crippen LogP contribution in [0.5, 0.6) is 0 Å². The Hall–Kier alpha value is -0.260. The number of hydrogen-bond donors (Lipinski definition) is 2. The predicted molar refractivity (Wildman–Crippen MR) is 74.8 cm³/mol. The van der Waals surface area contributed by atoms with Gasteiger partial charge in [-0.05, 0) is 39.5 Å². The molecule has 4 nitrogen and oxygen atoms in total. The molecule has 0 spiro atoms. The van der Waals surface area contributed by atoms with E-state index in [1.54, 1.807) is 11.8 Å². The lowest BCUT2D eigenvalue weighted by molar-refractivity contribution is -0.150. The van der Waals surface area contributed by atoms with Crippen molar-refractivity contribution in [3.05, 3.63) is 0 Å². The van der Waals surface area contributed by atoms with Crippen LogP contribution in [0.25, 0.3) is 0 Å². The molecule has 0 saturated heterocycles. The maximum atomic E-state index is 12.1. The molecule has 2 unspecified atom stereocenters. The van der Waals surface area contributed by atoms with E-state index >= 15 is 0 Å². The molecule has 2 N–H and O–H groups in total. The molecule has 0 bridgehead atoms. The lowest BCUT2D eigenvalue weighted by atomic mass is 9.81. The average molecular weight is 275 g/mol. The highest BCUT2D eigenvalue weighted by Crippen LogP contribution is 2.36. The van der Waals surface area contributed by atoms with Crippen LogP contribution in [0.15, 0.2) is 0 Å². The fourth-order valence-corrected chi connectivity index (χ4v) is 3.88. The minimum absolute atomic E-state index is 0.148. The average Bonchev–Trinajstić information content (AvgIpc) is 2.34. The number of ether oxygens (including phenoxy) is 1. The Bertz CT molecular complexity index is 273. The molecule has 0 radical (unpaired) electrons. The van der Waals surface area contributed by atoms with Crippen LogP contribution in [0.4, 0.5) is 0 Å². The number of carbonyl (C=O) groups is 1.